The van der Waals surface area contributed by atoms with Crippen LogP contribution < -0.4 is 0 Å². The summed E-state index contributed by atoms with van der Waals surface area (Å²) in [6.07, 6.45) is 1.59. The van der Waals surface area contributed by atoms with E-state index in [0.29, 0.717) is 11.1 Å². The molecule has 0 spiro atoms. The summed E-state index contributed by atoms with van der Waals surface area (Å²) >= 11 is 0. The second-order valence-corrected chi connectivity index (χ2v) is 3.35. The van der Waals surface area contributed by atoms with Crippen LogP contribution in [0.2, 0.25) is 0 Å². The highest BCUT2D eigenvalue weighted by Gasteiger charge is 2.05. The van der Waals surface area contributed by atoms with Crippen molar-refractivity contribution in [1.29, 1.82) is 0 Å². The SMILES string of the molecule is Cc1ccc(-c2cc(O)ccc2F)cn1. The average molecular weight is 203 g/mol. The molecule has 0 radical (unpaired) electrons. The molecule has 0 aliphatic carbocycles. The van der Waals surface area contributed by atoms with E-state index in [1.54, 1.807) is 18.3 Å². The number of pyridine rings is 1. The van der Waals surface area contributed by atoms with Crippen LogP contribution in [0.15, 0.2) is 36.5 Å². The Morgan fingerprint density at radius 3 is 2.67 bits per heavy atom. The summed E-state index contributed by atoms with van der Waals surface area (Å²) < 4.78 is 13.4. The van der Waals surface area contributed by atoms with Gasteiger partial charge in [0, 0.05) is 23.0 Å². The first-order chi connectivity index (χ1) is 7.16. The van der Waals surface area contributed by atoms with Gasteiger partial charge in [0.15, 0.2) is 0 Å². The molecule has 0 saturated heterocycles. The highest BCUT2D eigenvalue weighted by Crippen LogP contribution is 2.25. The highest BCUT2D eigenvalue weighted by atomic mass is 19.1. The molecule has 1 N–H and O–H groups in total. The minimum atomic E-state index is -0.363. The van der Waals surface area contributed by atoms with E-state index in [2.05, 4.69) is 4.98 Å². The van der Waals surface area contributed by atoms with E-state index in [0.717, 1.165) is 5.69 Å². The standard InChI is InChI=1S/C12H10FNO/c1-8-2-3-9(7-14-8)11-6-10(15)4-5-12(11)13/h2-7,15H,1H3. The summed E-state index contributed by atoms with van der Waals surface area (Å²) in [7, 11) is 0. The number of halogens is 1. The predicted octanol–water partition coefficient (Wildman–Crippen LogP) is 2.90. The van der Waals surface area contributed by atoms with Crippen LogP contribution in [0, 0.1) is 12.7 Å². The van der Waals surface area contributed by atoms with Crippen LogP contribution in [0.25, 0.3) is 11.1 Å². The van der Waals surface area contributed by atoms with Crippen LogP contribution in [0.1, 0.15) is 5.69 Å². The van der Waals surface area contributed by atoms with Gasteiger partial charge in [0.2, 0.25) is 0 Å². The predicted molar refractivity (Wildman–Crippen MR) is 56.0 cm³/mol. The topological polar surface area (TPSA) is 33.1 Å². The third-order valence-corrected chi connectivity index (χ3v) is 2.17. The summed E-state index contributed by atoms with van der Waals surface area (Å²) in [5.74, 6) is -0.314. The molecule has 0 unspecified atom stereocenters. The van der Waals surface area contributed by atoms with Gasteiger partial charge in [-0.1, -0.05) is 6.07 Å². The number of phenolic OH excluding ortho intramolecular Hbond substituents is 1. The van der Waals surface area contributed by atoms with Crippen molar-refractivity contribution in [3.05, 3.63) is 48.0 Å². The van der Waals surface area contributed by atoms with E-state index in [1.807, 2.05) is 6.92 Å². The first kappa shape index (κ1) is 9.65. The first-order valence-electron chi connectivity index (χ1n) is 4.58. The lowest BCUT2D eigenvalue weighted by Crippen LogP contribution is -1.86. The molecule has 0 bridgehead atoms. The van der Waals surface area contributed by atoms with Crippen LogP contribution in [0.3, 0.4) is 0 Å². The number of nitrogens with zero attached hydrogens (tertiary/aromatic N) is 1. The molecule has 0 fully saturated rings. The Morgan fingerprint density at radius 2 is 2.00 bits per heavy atom. The highest BCUT2D eigenvalue weighted by molar-refractivity contribution is 5.64. The van der Waals surface area contributed by atoms with Crippen molar-refractivity contribution >= 4 is 0 Å². The summed E-state index contributed by atoms with van der Waals surface area (Å²) in [5.41, 5.74) is 1.90. The van der Waals surface area contributed by atoms with E-state index in [-0.39, 0.29) is 11.6 Å². The minimum Gasteiger partial charge on any atom is -0.508 e. The molecular formula is C12H10FNO. The maximum absolute atomic E-state index is 13.4. The Bertz CT molecular complexity index is 479. The largest absolute Gasteiger partial charge is 0.508 e. The Kier molecular flexibility index (Phi) is 2.37. The van der Waals surface area contributed by atoms with Gasteiger partial charge in [-0.05, 0) is 31.2 Å². The second kappa shape index (κ2) is 3.69. The van der Waals surface area contributed by atoms with Crippen LogP contribution in [-0.2, 0) is 0 Å². The Labute approximate surface area is 87.0 Å². The van der Waals surface area contributed by atoms with Crippen LogP contribution >= 0.6 is 0 Å². The zero-order chi connectivity index (χ0) is 10.8. The number of aromatic nitrogens is 1. The Hall–Kier alpha value is -1.90. The van der Waals surface area contributed by atoms with Gasteiger partial charge in [-0.25, -0.2) is 4.39 Å². The molecule has 1 aromatic carbocycles. The van der Waals surface area contributed by atoms with Gasteiger partial charge in [0.1, 0.15) is 11.6 Å². The van der Waals surface area contributed by atoms with Crippen LogP contribution in [-0.4, -0.2) is 10.1 Å². The van der Waals surface area contributed by atoms with Crippen molar-refractivity contribution in [2.24, 2.45) is 0 Å². The van der Waals surface area contributed by atoms with Crippen LogP contribution in [0.5, 0.6) is 5.75 Å². The van der Waals surface area contributed by atoms with Crippen molar-refractivity contribution in [2.45, 2.75) is 6.92 Å². The number of aryl methyl sites for hydroxylation is 1. The fraction of sp³-hybridized carbons (Fsp3) is 0.0833. The molecule has 2 rings (SSSR count). The monoisotopic (exact) mass is 203 g/mol. The minimum absolute atomic E-state index is 0.0481. The number of hydrogen-bond donors (Lipinski definition) is 1. The lowest BCUT2D eigenvalue weighted by Gasteiger charge is -2.03. The van der Waals surface area contributed by atoms with Crippen molar-refractivity contribution in [3.63, 3.8) is 0 Å². The van der Waals surface area contributed by atoms with Gasteiger partial charge in [-0.2, -0.15) is 0 Å². The van der Waals surface area contributed by atoms with Gasteiger partial charge >= 0.3 is 0 Å². The van der Waals surface area contributed by atoms with E-state index >= 15 is 0 Å². The molecule has 15 heavy (non-hydrogen) atoms. The summed E-state index contributed by atoms with van der Waals surface area (Å²) in [6, 6.07) is 7.53. The van der Waals surface area contributed by atoms with Crippen LogP contribution in [0.4, 0.5) is 4.39 Å². The van der Waals surface area contributed by atoms with Crippen molar-refractivity contribution < 1.29 is 9.50 Å². The molecule has 0 aliphatic heterocycles. The first-order valence-corrected chi connectivity index (χ1v) is 4.58. The maximum atomic E-state index is 13.4. The molecule has 0 aliphatic rings. The number of benzene rings is 1. The van der Waals surface area contributed by atoms with E-state index in [9.17, 15) is 9.50 Å². The molecule has 1 heterocycles. The third kappa shape index (κ3) is 1.96. The van der Waals surface area contributed by atoms with E-state index < -0.39 is 0 Å². The van der Waals surface area contributed by atoms with E-state index in [4.69, 9.17) is 0 Å². The number of aromatic hydroxyl groups is 1. The molecule has 0 amide bonds. The van der Waals surface area contributed by atoms with E-state index in [1.165, 1.54) is 18.2 Å². The van der Waals surface area contributed by atoms with Crippen molar-refractivity contribution in [2.75, 3.05) is 0 Å². The lowest BCUT2D eigenvalue weighted by atomic mass is 10.1. The lowest BCUT2D eigenvalue weighted by molar-refractivity contribution is 0.473. The maximum Gasteiger partial charge on any atom is 0.131 e. The zero-order valence-corrected chi connectivity index (χ0v) is 8.24. The van der Waals surface area contributed by atoms with Gasteiger partial charge in [0.25, 0.3) is 0 Å². The smallest absolute Gasteiger partial charge is 0.131 e. The average Bonchev–Trinajstić information content (AvgIpc) is 2.23. The van der Waals surface area contributed by atoms with Crippen molar-refractivity contribution in [3.8, 4) is 16.9 Å². The number of phenols is 1. The fourth-order valence-corrected chi connectivity index (χ4v) is 1.36. The molecule has 0 atom stereocenters. The second-order valence-electron chi connectivity index (χ2n) is 3.35. The van der Waals surface area contributed by atoms with Gasteiger partial charge in [-0.3, -0.25) is 4.98 Å². The van der Waals surface area contributed by atoms with Gasteiger partial charge in [0.05, 0.1) is 0 Å². The molecule has 3 heteroatoms. The number of rotatable bonds is 1. The summed E-state index contributed by atoms with van der Waals surface area (Å²) in [4.78, 5) is 4.08. The summed E-state index contributed by atoms with van der Waals surface area (Å²) in [5, 5.41) is 9.27. The summed E-state index contributed by atoms with van der Waals surface area (Å²) in [6.45, 7) is 1.86. The fourth-order valence-electron chi connectivity index (χ4n) is 1.36. The normalized spacial score (nSPS) is 10.3. The number of hydrogen-bond acceptors (Lipinski definition) is 2. The van der Waals surface area contributed by atoms with Gasteiger partial charge in [-0.15, -0.1) is 0 Å². The molecule has 1 aromatic heterocycles. The third-order valence-electron chi connectivity index (χ3n) is 2.17. The van der Waals surface area contributed by atoms with Crippen molar-refractivity contribution in [1.82, 2.24) is 4.98 Å². The Morgan fingerprint density at radius 1 is 1.20 bits per heavy atom. The zero-order valence-electron chi connectivity index (χ0n) is 8.24. The molecule has 2 aromatic rings. The molecule has 76 valence electrons. The molecule has 0 saturated carbocycles. The Balaban J connectivity index is 2.53. The molecular weight excluding hydrogens is 193 g/mol. The molecule has 2 nitrogen and oxygen atoms in total. The quantitative estimate of drug-likeness (QED) is 0.773. The van der Waals surface area contributed by atoms with Gasteiger partial charge < -0.3 is 5.11 Å².